The molecule has 0 saturated carbocycles. The van der Waals surface area contributed by atoms with Crippen LogP contribution >= 0.6 is 0 Å². The van der Waals surface area contributed by atoms with Crippen LogP contribution in [0.5, 0.6) is 5.75 Å². The van der Waals surface area contributed by atoms with E-state index in [1.165, 1.54) is 40.8 Å². The lowest BCUT2D eigenvalue weighted by molar-refractivity contribution is -0.134. The summed E-state index contributed by atoms with van der Waals surface area (Å²) in [7, 11) is 0. The molecule has 4 aromatic rings. The smallest absolute Gasteiger partial charge is 0.270 e. The predicted octanol–water partition coefficient (Wildman–Crippen LogP) is 5.22. The Morgan fingerprint density at radius 2 is 1.51 bits per heavy atom. The van der Waals surface area contributed by atoms with Crippen molar-refractivity contribution in [1.82, 2.24) is 20.5 Å². The third kappa shape index (κ3) is 7.78. The Labute approximate surface area is 311 Å². The quantitative estimate of drug-likeness (QED) is 0.213. The Bertz CT molecular complexity index is 1920. The van der Waals surface area contributed by atoms with E-state index in [2.05, 4.69) is 91.0 Å². The third-order valence-electron chi connectivity index (χ3n) is 11.8. The summed E-state index contributed by atoms with van der Waals surface area (Å²) in [6.07, 6.45) is 6.66. The number of pyridine rings is 1. The third-order valence-corrected chi connectivity index (χ3v) is 11.8. The summed E-state index contributed by atoms with van der Waals surface area (Å²) in [5.41, 5.74) is 7.86. The van der Waals surface area contributed by atoms with Crippen LogP contribution in [-0.4, -0.2) is 84.6 Å². The second-order valence-corrected chi connectivity index (χ2v) is 15.1. The number of nitrogens with zero attached hydrogens (tertiary/aromatic N) is 4. The maximum absolute atomic E-state index is 12.7. The molecule has 0 radical (unpaired) electrons. The average molecular weight is 713 g/mol. The van der Waals surface area contributed by atoms with Gasteiger partial charge in [0.05, 0.1) is 11.9 Å². The van der Waals surface area contributed by atoms with Gasteiger partial charge in [0.25, 0.3) is 5.91 Å². The maximum Gasteiger partial charge on any atom is 0.270 e. The molecule has 3 atom stereocenters. The molecular weight excluding hydrogens is 665 g/mol. The Morgan fingerprint density at radius 1 is 0.774 bits per heavy atom. The minimum absolute atomic E-state index is 0.213. The highest BCUT2D eigenvalue weighted by Gasteiger charge is 2.33. The Morgan fingerprint density at radius 3 is 2.23 bits per heavy atom. The van der Waals surface area contributed by atoms with Crippen LogP contribution in [0.3, 0.4) is 0 Å². The van der Waals surface area contributed by atoms with Crippen molar-refractivity contribution in [2.45, 2.75) is 56.4 Å². The Hall–Kier alpha value is -5.22. The molecule has 0 bridgehead atoms. The van der Waals surface area contributed by atoms with Gasteiger partial charge in [-0.2, -0.15) is 0 Å². The number of phenols is 1. The molecule has 3 aromatic carbocycles. The number of hydrogen-bond acceptors (Lipinski definition) is 8. The van der Waals surface area contributed by atoms with Crippen LogP contribution in [0.2, 0.25) is 0 Å². The van der Waals surface area contributed by atoms with E-state index in [-0.39, 0.29) is 23.9 Å². The van der Waals surface area contributed by atoms with Crippen molar-refractivity contribution in [3.05, 3.63) is 119 Å². The first-order chi connectivity index (χ1) is 25.9. The molecule has 1 unspecified atom stereocenters. The van der Waals surface area contributed by atoms with Crippen LogP contribution in [0, 0.1) is 5.92 Å². The minimum Gasteiger partial charge on any atom is -0.508 e. The molecule has 10 nitrogen and oxygen atoms in total. The van der Waals surface area contributed by atoms with Gasteiger partial charge in [0.1, 0.15) is 17.5 Å². The zero-order valence-electron chi connectivity index (χ0n) is 30.1. The maximum atomic E-state index is 12.7. The van der Waals surface area contributed by atoms with Gasteiger partial charge in [0.15, 0.2) is 0 Å². The number of hydrogen-bond donors (Lipinski definition) is 3. The minimum atomic E-state index is -0.717. The van der Waals surface area contributed by atoms with Crippen LogP contribution in [0.1, 0.15) is 76.7 Å². The van der Waals surface area contributed by atoms with Crippen LogP contribution in [0.25, 0.3) is 0 Å². The monoisotopic (exact) mass is 712 g/mol. The zero-order chi connectivity index (χ0) is 36.3. The standard InChI is InChI=1S/C43H48N6O4/c50-35-12-14-37-32(26-35)8-13-36(30-4-2-1-3-5-30)41(37)31-6-9-33(10-7-31)48-20-18-29(19-21-48)28-47-22-24-49(25-23-47)34-11-15-38(44-27-34)42(52)45-39-16-17-40(51)46-43(39)53/h1-7,9-12,14-15,26-27,29,36,39,41,50H,8,13,16-25,28H2,(H,45,52)(H,46,51,53)/t36-,39?,41+/m1/s1. The SMILES string of the molecule is O=C1CCC(NC(=O)c2ccc(N3CCN(CC4CCN(c5ccc([C@@H]6c7ccc(O)cc7CC[C@@H]6c6ccccc6)cc5)CC4)CC3)cn2)C(=O)N1. The first-order valence-electron chi connectivity index (χ1n) is 19.2. The highest BCUT2D eigenvalue weighted by molar-refractivity contribution is 6.03. The number of fused-ring (bicyclic) bond motifs is 1. The van der Waals surface area contributed by atoms with Gasteiger partial charge >= 0.3 is 0 Å². The average Bonchev–Trinajstić information content (AvgIpc) is 3.19. The number of amides is 3. The molecular formula is C43H48N6O4. The van der Waals surface area contributed by atoms with E-state index in [0.717, 1.165) is 64.3 Å². The number of phenolic OH excluding ortho intramolecular Hbond substituents is 1. The van der Waals surface area contributed by atoms with E-state index in [9.17, 15) is 19.5 Å². The second kappa shape index (κ2) is 15.4. The topological polar surface area (TPSA) is 118 Å². The van der Waals surface area contributed by atoms with Crippen molar-refractivity contribution in [3.8, 4) is 5.75 Å². The van der Waals surface area contributed by atoms with Crippen molar-refractivity contribution in [3.63, 3.8) is 0 Å². The first-order valence-corrected chi connectivity index (χ1v) is 19.2. The predicted molar refractivity (Wildman–Crippen MR) is 205 cm³/mol. The lowest BCUT2D eigenvalue weighted by Gasteiger charge is -2.40. The highest BCUT2D eigenvalue weighted by Crippen LogP contribution is 2.47. The van der Waals surface area contributed by atoms with Crippen molar-refractivity contribution in [2.75, 3.05) is 55.6 Å². The van der Waals surface area contributed by atoms with E-state index in [4.69, 9.17) is 0 Å². The van der Waals surface area contributed by atoms with Gasteiger partial charge in [-0.15, -0.1) is 0 Å². The number of benzene rings is 3. The number of carbonyl (C=O) groups is 3. The number of imide groups is 1. The van der Waals surface area contributed by atoms with E-state index >= 15 is 0 Å². The summed E-state index contributed by atoms with van der Waals surface area (Å²) in [5, 5.41) is 15.2. The normalized spacial score (nSPS) is 22.6. The number of piperidine rings is 2. The molecule has 1 aromatic heterocycles. The lowest BCUT2D eigenvalue weighted by atomic mass is 9.69. The number of carbonyl (C=O) groups excluding carboxylic acids is 3. The second-order valence-electron chi connectivity index (χ2n) is 15.1. The van der Waals surface area contributed by atoms with Crippen LogP contribution < -0.4 is 20.4 Å². The Balaban J connectivity index is 0.818. The number of nitrogens with one attached hydrogen (secondary N) is 2. The molecule has 3 amide bonds. The van der Waals surface area contributed by atoms with Gasteiger partial charge in [0, 0.05) is 63.8 Å². The molecule has 3 fully saturated rings. The summed E-state index contributed by atoms with van der Waals surface area (Å²) in [5.74, 6) is 0.501. The number of piperazine rings is 1. The summed E-state index contributed by atoms with van der Waals surface area (Å²) in [6, 6.07) is 29.0. The molecule has 4 heterocycles. The molecule has 8 rings (SSSR count). The van der Waals surface area contributed by atoms with Crippen molar-refractivity contribution < 1.29 is 19.5 Å². The molecule has 0 spiro atoms. The molecule has 53 heavy (non-hydrogen) atoms. The van der Waals surface area contributed by atoms with E-state index in [0.29, 0.717) is 24.0 Å². The van der Waals surface area contributed by atoms with Crippen LogP contribution in [0.4, 0.5) is 11.4 Å². The van der Waals surface area contributed by atoms with Gasteiger partial charge in [-0.05, 0) is 103 Å². The summed E-state index contributed by atoms with van der Waals surface area (Å²) in [6.45, 7) is 7.06. The highest BCUT2D eigenvalue weighted by atomic mass is 16.3. The number of anilines is 2. The molecule has 1 aliphatic carbocycles. The van der Waals surface area contributed by atoms with E-state index < -0.39 is 17.9 Å². The molecule has 3 saturated heterocycles. The first kappa shape index (κ1) is 34.8. The number of aromatic hydroxyl groups is 1. The summed E-state index contributed by atoms with van der Waals surface area (Å²) >= 11 is 0. The van der Waals surface area contributed by atoms with Crippen LogP contribution in [0.15, 0.2) is 91.1 Å². The molecule has 10 heteroatoms. The van der Waals surface area contributed by atoms with Crippen LogP contribution in [-0.2, 0) is 16.0 Å². The number of aromatic nitrogens is 1. The van der Waals surface area contributed by atoms with Crippen molar-refractivity contribution in [2.24, 2.45) is 5.92 Å². The molecule has 274 valence electrons. The van der Waals surface area contributed by atoms with Crippen molar-refractivity contribution >= 4 is 29.1 Å². The fourth-order valence-electron chi connectivity index (χ4n) is 8.87. The largest absolute Gasteiger partial charge is 0.508 e. The van der Waals surface area contributed by atoms with Crippen molar-refractivity contribution in [1.29, 1.82) is 0 Å². The number of rotatable bonds is 8. The van der Waals surface area contributed by atoms with Gasteiger partial charge < -0.3 is 20.2 Å². The van der Waals surface area contributed by atoms with Gasteiger partial charge in [-0.1, -0.05) is 48.5 Å². The van der Waals surface area contributed by atoms with Gasteiger partial charge in [-0.3, -0.25) is 24.6 Å². The Kier molecular flexibility index (Phi) is 10.1. The summed E-state index contributed by atoms with van der Waals surface area (Å²) in [4.78, 5) is 47.9. The molecule has 3 N–H and O–H groups in total. The fourth-order valence-corrected chi connectivity index (χ4v) is 8.87. The van der Waals surface area contributed by atoms with Gasteiger partial charge in [-0.25, -0.2) is 4.98 Å². The fraction of sp³-hybridized carbons (Fsp3) is 0.395. The summed E-state index contributed by atoms with van der Waals surface area (Å²) < 4.78 is 0. The van der Waals surface area contributed by atoms with E-state index in [1.807, 2.05) is 18.2 Å². The molecule has 3 aliphatic heterocycles. The number of aryl methyl sites for hydroxylation is 1. The zero-order valence-corrected chi connectivity index (χ0v) is 30.1. The van der Waals surface area contributed by atoms with Gasteiger partial charge in [0.2, 0.25) is 11.8 Å². The van der Waals surface area contributed by atoms with E-state index in [1.54, 1.807) is 12.3 Å². The lowest BCUT2D eigenvalue weighted by Crippen LogP contribution is -2.52. The molecule has 4 aliphatic rings.